The van der Waals surface area contributed by atoms with Crippen LogP contribution in [0.15, 0.2) is 63.3 Å². The first kappa shape index (κ1) is 20.8. The van der Waals surface area contributed by atoms with Gasteiger partial charge in [0, 0.05) is 47.6 Å². The Morgan fingerprint density at radius 3 is 1.93 bits per heavy atom. The molecule has 0 aliphatic carbocycles. The summed E-state index contributed by atoms with van der Waals surface area (Å²) in [7, 11) is 0. The second-order valence-corrected chi connectivity index (χ2v) is 7.09. The van der Waals surface area contributed by atoms with E-state index in [-0.39, 0.29) is 11.8 Å². The standard InChI is InChI=1S/C24H31NO2/c1-6-11-17-18(12-7-2)23-21(19(13-8-3)22(17)26)20(25)16-24(27-23,14-9-4)15-10-5/h6-10,20,26H,1-5,11-16,25H2. The Bertz CT molecular complexity index is 750. The highest BCUT2D eigenvalue weighted by molar-refractivity contribution is 5.62. The zero-order valence-corrected chi connectivity index (χ0v) is 16.2. The Morgan fingerprint density at radius 1 is 0.889 bits per heavy atom. The van der Waals surface area contributed by atoms with Crippen molar-refractivity contribution in [1.29, 1.82) is 0 Å². The molecule has 1 aliphatic rings. The van der Waals surface area contributed by atoms with Crippen LogP contribution >= 0.6 is 0 Å². The molecule has 3 heteroatoms. The molecule has 1 atom stereocenters. The van der Waals surface area contributed by atoms with Crippen molar-refractivity contribution in [2.24, 2.45) is 5.73 Å². The molecule has 0 radical (unpaired) electrons. The lowest BCUT2D eigenvalue weighted by Gasteiger charge is -2.43. The average molecular weight is 366 g/mol. The first-order chi connectivity index (χ1) is 13.0. The zero-order valence-electron chi connectivity index (χ0n) is 16.2. The first-order valence-corrected chi connectivity index (χ1v) is 9.37. The van der Waals surface area contributed by atoms with Crippen LogP contribution in [0.1, 0.15) is 47.6 Å². The molecule has 1 aliphatic heterocycles. The van der Waals surface area contributed by atoms with Crippen molar-refractivity contribution in [3.8, 4) is 11.5 Å². The first-order valence-electron chi connectivity index (χ1n) is 9.37. The highest BCUT2D eigenvalue weighted by Crippen LogP contribution is 2.50. The minimum atomic E-state index is -0.473. The molecule has 0 spiro atoms. The number of ether oxygens (including phenoxy) is 1. The van der Waals surface area contributed by atoms with Crippen LogP contribution in [0, 0.1) is 0 Å². The van der Waals surface area contributed by atoms with E-state index in [1.807, 2.05) is 18.2 Å². The van der Waals surface area contributed by atoms with Gasteiger partial charge in [0.25, 0.3) is 0 Å². The second kappa shape index (κ2) is 8.92. The highest BCUT2D eigenvalue weighted by atomic mass is 16.5. The second-order valence-electron chi connectivity index (χ2n) is 7.09. The molecule has 1 aromatic rings. The van der Waals surface area contributed by atoms with E-state index in [1.54, 1.807) is 12.2 Å². The Labute approximate surface area is 163 Å². The van der Waals surface area contributed by atoms with E-state index in [9.17, 15) is 5.11 Å². The van der Waals surface area contributed by atoms with Gasteiger partial charge in [-0.15, -0.1) is 32.9 Å². The summed E-state index contributed by atoms with van der Waals surface area (Å²) in [6, 6.07) is -0.254. The van der Waals surface area contributed by atoms with Crippen LogP contribution in [0.3, 0.4) is 0 Å². The molecular weight excluding hydrogens is 334 g/mol. The predicted molar refractivity (Wildman–Crippen MR) is 114 cm³/mol. The molecule has 144 valence electrons. The number of allylic oxidation sites excluding steroid dienone is 3. The van der Waals surface area contributed by atoms with Gasteiger partial charge in [-0.1, -0.05) is 30.4 Å². The molecule has 1 unspecified atom stereocenters. The van der Waals surface area contributed by atoms with Gasteiger partial charge in [-0.25, -0.2) is 0 Å². The fourth-order valence-corrected chi connectivity index (χ4v) is 4.09. The fraction of sp³-hybridized carbons (Fsp3) is 0.333. The van der Waals surface area contributed by atoms with Crippen molar-refractivity contribution in [2.75, 3.05) is 0 Å². The maximum absolute atomic E-state index is 11.0. The Kier molecular flexibility index (Phi) is 6.86. The van der Waals surface area contributed by atoms with Gasteiger partial charge in [0.05, 0.1) is 0 Å². The third kappa shape index (κ3) is 3.93. The van der Waals surface area contributed by atoms with Gasteiger partial charge >= 0.3 is 0 Å². The van der Waals surface area contributed by atoms with Gasteiger partial charge in [0.1, 0.15) is 17.1 Å². The molecule has 0 fully saturated rings. The SMILES string of the molecule is C=CCc1c(O)c(CC=C)c2c(c1CC=C)OC(CC=C)(CC=C)CC2N. The number of fused-ring (bicyclic) bond motifs is 1. The maximum Gasteiger partial charge on any atom is 0.129 e. The molecular formula is C24H31NO2. The Hall–Kier alpha value is -2.52. The van der Waals surface area contributed by atoms with E-state index in [2.05, 4.69) is 32.9 Å². The van der Waals surface area contributed by atoms with Crippen molar-refractivity contribution in [3.05, 3.63) is 85.5 Å². The molecule has 1 aromatic carbocycles. The number of hydrogen-bond acceptors (Lipinski definition) is 3. The summed E-state index contributed by atoms with van der Waals surface area (Å²) in [6.07, 6.45) is 12.8. The van der Waals surface area contributed by atoms with Crippen LogP contribution in [0.25, 0.3) is 0 Å². The van der Waals surface area contributed by atoms with Gasteiger partial charge in [0.15, 0.2) is 0 Å². The molecule has 0 amide bonds. The number of phenolic OH excluding ortho intramolecular Hbond substituents is 1. The summed E-state index contributed by atoms with van der Waals surface area (Å²) < 4.78 is 6.63. The molecule has 0 saturated heterocycles. The minimum Gasteiger partial charge on any atom is -0.507 e. The largest absolute Gasteiger partial charge is 0.507 e. The molecule has 3 N–H and O–H groups in total. The average Bonchev–Trinajstić information content (AvgIpc) is 2.62. The smallest absolute Gasteiger partial charge is 0.129 e. The van der Waals surface area contributed by atoms with Crippen LogP contribution in [0.2, 0.25) is 0 Å². The van der Waals surface area contributed by atoms with Gasteiger partial charge < -0.3 is 15.6 Å². The van der Waals surface area contributed by atoms with Crippen molar-refractivity contribution in [1.82, 2.24) is 0 Å². The lowest BCUT2D eigenvalue weighted by Crippen LogP contribution is -2.43. The highest BCUT2D eigenvalue weighted by Gasteiger charge is 2.41. The normalized spacial score (nSPS) is 17.3. The van der Waals surface area contributed by atoms with Gasteiger partial charge in [-0.3, -0.25) is 0 Å². The summed E-state index contributed by atoms with van der Waals surface area (Å²) in [4.78, 5) is 0. The molecule has 3 nitrogen and oxygen atoms in total. The number of aromatic hydroxyl groups is 1. The van der Waals surface area contributed by atoms with E-state index in [1.165, 1.54) is 0 Å². The zero-order chi connectivity index (χ0) is 20.0. The number of rotatable bonds is 10. The maximum atomic E-state index is 11.0. The predicted octanol–water partition coefficient (Wildman–Crippen LogP) is 5.25. The van der Waals surface area contributed by atoms with Crippen LogP contribution in [0.4, 0.5) is 0 Å². The molecule has 0 saturated carbocycles. The summed E-state index contributed by atoms with van der Waals surface area (Å²) in [5, 5.41) is 11.0. The van der Waals surface area contributed by atoms with Gasteiger partial charge in [0.2, 0.25) is 0 Å². The third-order valence-corrected chi connectivity index (χ3v) is 5.14. The van der Waals surface area contributed by atoms with Crippen LogP contribution in [-0.2, 0) is 19.3 Å². The van der Waals surface area contributed by atoms with E-state index < -0.39 is 5.60 Å². The topological polar surface area (TPSA) is 55.5 Å². The third-order valence-electron chi connectivity index (χ3n) is 5.14. The molecule has 2 rings (SSSR count). The molecule has 1 heterocycles. The quantitative estimate of drug-likeness (QED) is 0.557. The van der Waals surface area contributed by atoms with Crippen LogP contribution in [0.5, 0.6) is 11.5 Å². The lowest BCUT2D eigenvalue weighted by molar-refractivity contribution is 0.0397. The van der Waals surface area contributed by atoms with E-state index >= 15 is 0 Å². The number of benzene rings is 1. The van der Waals surface area contributed by atoms with Crippen molar-refractivity contribution in [3.63, 3.8) is 0 Å². The van der Waals surface area contributed by atoms with Crippen molar-refractivity contribution < 1.29 is 9.84 Å². The monoisotopic (exact) mass is 365 g/mol. The van der Waals surface area contributed by atoms with Gasteiger partial charge in [-0.05, 0) is 19.3 Å². The fourth-order valence-electron chi connectivity index (χ4n) is 4.09. The minimum absolute atomic E-state index is 0.254. The van der Waals surface area contributed by atoms with Crippen molar-refractivity contribution in [2.45, 2.75) is 50.2 Å². The summed E-state index contributed by atoms with van der Waals surface area (Å²) in [5.74, 6) is 1.04. The number of nitrogens with two attached hydrogens (primary N) is 1. The van der Waals surface area contributed by atoms with E-state index in [4.69, 9.17) is 10.5 Å². The van der Waals surface area contributed by atoms with E-state index in [0.29, 0.717) is 38.5 Å². The lowest BCUT2D eigenvalue weighted by atomic mass is 9.78. The molecule has 27 heavy (non-hydrogen) atoms. The van der Waals surface area contributed by atoms with E-state index in [0.717, 1.165) is 28.0 Å². The summed E-state index contributed by atoms with van der Waals surface area (Å²) >= 11 is 0. The number of hydrogen-bond donors (Lipinski definition) is 2. The Balaban J connectivity index is 2.82. The van der Waals surface area contributed by atoms with Crippen LogP contribution in [-0.4, -0.2) is 10.7 Å². The van der Waals surface area contributed by atoms with Crippen LogP contribution < -0.4 is 10.5 Å². The molecule has 0 aromatic heterocycles. The summed E-state index contributed by atoms with van der Waals surface area (Å²) in [5.41, 5.74) is 9.58. The molecule has 0 bridgehead atoms. The van der Waals surface area contributed by atoms with Crippen molar-refractivity contribution >= 4 is 0 Å². The number of phenols is 1. The van der Waals surface area contributed by atoms with Gasteiger partial charge in [-0.2, -0.15) is 0 Å². The Morgan fingerprint density at radius 2 is 1.41 bits per heavy atom. The summed E-state index contributed by atoms with van der Waals surface area (Å²) in [6.45, 7) is 19.3.